The van der Waals surface area contributed by atoms with Gasteiger partial charge in [0.15, 0.2) is 0 Å². The molecule has 0 bridgehead atoms. The van der Waals surface area contributed by atoms with Crippen LogP contribution >= 0.6 is 11.3 Å². The minimum Gasteiger partial charge on any atom is -0.397 e. The van der Waals surface area contributed by atoms with E-state index in [2.05, 4.69) is 11.8 Å². The molecule has 18 heavy (non-hydrogen) atoms. The molecule has 1 atom stereocenters. The van der Waals surface area contributed by atoms with E-state index >= 15 is 0 Å². The number of nitrogens with zero attached hydrogens (tertiary/aromatic N) is 2. The first kappa shape index (κ1) is 13.2. The van der Waals surface area contributed by atoms with Crippen LogP contribution in [0.5, 0.6) is 0 Å². The molecule has 1 aliphatic heterocycles. The summed E-state index contributed by atoms with van der Waals surface area (Å²) in [5.41, 5.74) is 6.56. The number of rotatable bonds is 2. The van der Waals surface area contributed by atoms with Gasteiger partial charge in [0.05, 0.1) is 10.7 Å². The van der Waals surface area contributed by atoms with E-state index in [1.54, 1.807) is 19.0 Å². The molecule has 0 aromatic carbocycles. The molecule has 1 amide bonds. The summed E-state index contributed by atoms with van der Waals surface area (Å²) in [6, 6.07) is 1.94. The molecule has 1 saturated heterocycles. The minimum atomic E-state index is -0.00573. The van der Waals surface area contributed by atoms with Gasteiger partial charge in [-0.15, -0.1) is 11.3 Å². The molecular formula is C13H21N3OS. The van der Waals surface area contributed by atoms with Crippen LogP contribution in [-0.4, -0.2) is 38.0 Å². The average Bonchev–Trinajstić information content (AvgIpc) is 2.70. The quantitative estimate of drug-likeness (QED) is 0.894. The summed E-state index contributed by atoms with van der Waals surface area (Å²) in [6.07, 6.45) is 2.51. The molecule has 2 N–H and O–H groups in total. The van der Waals surface area contributed by atoms with Gasteiger partial charge in [0, 0.05) is 27.2 Å². The number of nitrogen functional groups attached to an aromatic ring is 1. The Morgan fingerprint density at radius 2 is 2.28 bits per heavy atom. The second-order valence-corrected chi connectivity index (χ2v) is 6.29. The van der Waals surface area contributed by atoms with Crippen molar-refractivity contribution in [2.75, 3.05) is 37.8 Å². The molecular weight excluding hydrogens is 246 g/mol. The van der Waals surface area contributed by atoms with Crippen molar-refractivity contribution in [3.63, 3.8) is 0 Å². The van der Waals surface area contributed by atoms with Crippen LogP contribution in [0.1, 0.15) is 29.4 Å². The number of hydrogen-bond donors (Lipinski definition) is 1. The number of carbonyl (C=O) groups is 1. The van der Waals surface area contributed by atoms with Gasteiger partial charge in [0.2, 0.25) is 0 Å². The van der Waals surface area contributed by atoms with Crippen molar-refractivity contribution >= 4 is 27.9 Å². The monoisotopic (exact) mass is 267 g/mol. The first-order valence-corrected chi connectivity index (χ1v) is 7.16. The van der Waals surface area contributed by atoms with Crippen molar-refractivity contribution in [1.29, 1.82) is 0 Å². The molecule has 2 rings (SSSR count). The summed E-state index contributed by atoms with van der Waals surface area (Å²) in [5, 5.41) is 1.13. The highest BCUT2D eigenvalue weighted by molar-refractivity contribution is 7.18. The summed E-state index contributed by atoms with van der Waals surface area (Å²) >= 11 is 1.51. The number of nitrogens with two attached hydrogens (primary N) is 1. The molecule has 2 heterocycles. The number of hydrogen-bond acceptors (Lipinski definition) is 4. The predicted octanol–water partition coefficient (Wildman–Crippen LogP) is 2.27. The normalized spacial score (nSPS) is 19.9. The standard InChI is InChI=1S/C13H21N3OS/c1-9-5-4-6-16(8-9)11-7-10(14)12(18-11)13(17)15(2)3/h7,9H,4-6,8,14H2,1-3H3. The Kier molecular flexibility index (Phi) is 3.80. The molecule has 5 heteroatoms. The lowest BCUT2D eigenvalue weighted by atomic mass is 10.0. The van der Waals surface area contributed by atoms with Gasteiger partial charge in [-0.05, 0) is 24.8 Å². The zero-order valence-electron chi connectivity index (χ0n) is 11.3. The Morgan fingerprint density at radius 1 is 1.56 bits per heavy atom. The first-order valence-electron chi connectivity index (χ1n) is 6.35. The van der Waals surface area contributed by atoms with E-state index in [-0.39, 0.29) is 5.91 Å². The molecule has 0 aliphatic carbocycles. The fraction of sp³-hybridized carbons (Fsp3) is 0.615. The second-order valence-electron chi connectivity index (χ2n) is 5.26. The van der Waals surface area contributed by atoms with E-state index in [0.717, 1.165) is 24.0 Å². The molecule has 100 valence electrons. The van der Waals surface area contributed by atoms with Crippen LogP contribution in [0.15, 0.2) is 6.07 Å². The van der Waals surface area contributed by atoms with Crippen molar-refractivity contribution in [2.45, 2.75) is 19.8 Å². The van der Waals surface area contributed by atoms with Gasteiger partial charge in [-0.1, -0.05) is 6.92 Å². The van der Waals surface area contributed by atoms with Gasteiger partial charge in [-0.2, -0.15) is 0 Å². The highest BCUT2D eigenvalue weighted by Gasteiger charge is 2.22. The lowest BCUT2D eigenvalue weighted by Crippen LogP contribution is -2.33. The summed E-state index contributed by atoms with van der Waals surface area (Å²) in [5.74, 6) is 0.712. The molecule has 4 nitrogen and oxygen atoms in total. The Balaban J connectivity index is 2.20. The summed E-state index contributed by atoms with van der Waals surface area (Å²) in [6.45, 7) is 4.41. The van der Waals surface area contributed by atoms with E-state index in [1.165, 1.54) is 24.2 Å². The summed E-state index contributed by atoms with van der Waals surface area (Å²) in [4.78, 5) is 16.5. The van der Waals surface area contributed by atoms with Crippen LogP contribution < -0.4 is 10.6 Å². The second kappa shape index (κ2) is 5.18. The predicted molar refractivity (Wildman–Crippen MR) is 77.4 cm³/mol. The van der Waals surface area contributed by atoms with Crippen molar-refractivity contribution < 1.29 is 4.79 Å². The molecule has 1 fully saturated rings. The van der Waals surface area contributed by atoms with Gasteiger partial charge in [0.1, 0.15) is 4.88 Å². The third-order valence-electron chi connectivity index (χ3n) is 3.32. The maximum atomic E-state index is 12.0. The van der Waals surface area contributed by atoms with Crippen molar-refractivity contribution in [3.05, 3.63) is 10.9 Å². The number of thiophene rings is 1. The van der Waals surface area contributed by atoms with Gasteiger partial charge in [0.25, 0.3) is 5.91 Å². The van der Waals surface area contributed by atoms with Crippen LogP contribution in [-0.2, 0) is 0 Å². The number of piperidine rings is 1. The van der Waals surface area contributed by atoms with Crippen molar-refractivity contribution in [1.82, 2.24) is 4.90 Å². The Labute approximate surface area is 112 Å². The highest BCUT2D eigenvalue weighted by Crippen LogP contribution is 2.34. The maximum absolute atomic E-state index is 12.0. The number of carbonyl (C=O) groups excluding carboxylic acids is 1. The Morgan fingerprint density at radius 3 is 2.89 bits per heavy atom. The third-order valence-corrected chi connectivity index (χ3v) is 4.52. The minimum absolute atomic E-state index is 0.00573. The van der Waals surface area contributed by atoms with E-state index in [1.807, 2.05) is 6.07 Å². The molecule has 1 aromatic heterocycles. The fourth-order valence-electron chi connectivity index (χ4n) is 2.31. The lowest BCUT2D eigenvalue weighted by molar-refractivity contribution is 0.0833. The van der Waals surface area contributed by atoms with Crippen LogP contribution in [0, 0.1) is 5.92 Å². The average molecular weight is 267 g/mol. The van der Waals surface area contributed by atoms with E-state index in [4.69, 9.17) is 5.73 Å². The van der Waals surface area contributed by atoms with Gasteiger partial charge in [-0.3, -0.25) is 4.79 Å². The molecule has 1 unspecified atom stereocenters. The Bertz CT molecular complexity index is 441. The van der Waals surface area contributed by atoms with Crippen molar-refractivity contribution in [2.24, 2.45) is 5.92 Å². The summed E-state index contributed by atoms with van der Waals surface area (Å²) < 4.78 is 0. The molecule has 0 saturated carbocycles. The van der Waals surface area contributed by atoms with Crippen LogP contribution in [0.4, 0.5) is 10.7 Å². The maximum Gasteiger partial charge on any atom is 0.265 e. The van der Waals surface area contributed by atoms with Crippen LogP contribution in [0.2, 0.25) is 0 Å². The van der Waals surface area contributed by atoms with Crippen LogP contribution in [0.3, 0.4) is 0 Å². The fourth-order valence-corrected chi connectivity index (χ4v) is 3.44. The van der Waals surface area contributed by atoms with Crippen LogP contribution in [0.25, 0.3) is 0 Å². The zero-order valence-corrected chi connectivity index (χ0v) is 12.1. The van der Waals surface area contributed by atoms with E-state index in [0.29, 0.717) is 10.6 Å². The van der Waals surface area contributed by atoms with Gasteiger partial charge < -0.3 is 15.5 Å². The van der Waals surface area contributed by atoms with Crippen molar-refractivity contribution in [3.8, 4) is 0 Å². The lowest BCUT2D eigenvalue weighted by Gasteiger charge is -2.31. The van der Waals surface area contributed by atoms with Gasteiger partial charge >= 0.3 is 0 Å². The van der Waals surface area contributed by atoms with E-state index in [9.17, 15) is 4.79 Å². The van der Waals surface area contributed by atoms with Gasteiger partial charge in [-0.25, -0.2) is 0 Å². The smallest absolute Gasteiger partial charge is 0.265 e. The molecule has 1 aliphatic rings. The summed E-state index contributed by atoms with van der Waals surface area (Å²) in [7, 11) is 3.51. The molecule has 0 radical (unpaired) electrons. The molecule has 1 aromatic rings. The number of anilines is 2. The Hall–Kier alpha value is -1.23. The number of amides is 1. The molecule has 0 spiro atoms. The zero-order chi connectivity index (χ0) is 13.3. The largest absolute Gasteiger partial charge is 0.397 e. The van der Waals surface area contributed by atoms with E-state index < -0.39 is 0 Å². The third kappa shape index (κ3) is 2.61. The first-order chi connectivity index (χ1) is 8.49. The topological polar surface area (TPSA) is 49.6 Å². The highest BCUT2D eigenvalue weighted by atomic mass is 32.1. The SMILES string of the molecule is CC1CCCN(c2cc(N)c(C(=O)N(C)C)s2)C1.